The number of nitrogens with zero attached hydrogens (tertiary/aromatic N) is 1. The van der Waals surface area contributed by atoms with Crippen LogP contribution in [0.5, 0.6) is 0 Å². The van der Waals surface area contributed by atoms with E-state index in [4.69, 9.17) is 0 Å². The fourth-order valence-electron chi connectivity index (χ4n) is 3.53. The highest BCUT2D eigenvalue weighted by Crippen LogP contribution is 2.32. The van der Waals surface area contributed by atoms with Crippen LogP contribution in [0.15, 0.2) is 0 Å². The number of aromatic amines is 1. The van der Waals surface area contributed by atoms with E-state index in [1.165, 1.54) is 12.8 Å². The Morgan fingerprint density at radius 3 is 2.50 bits per heavy atom. The Labute approximate surface area is 125 Å². The standard InChI is InChI=1S/C14H22N4O.ClH/c1-8-14(9(2)18-17-8)16-13(19)7-10-5-11-3-4-12(6-10)15-11;/h10-12,15H,3-7H2,1-2H3,(H,16,19)(H,17,18);1H. The second-order valence-electron chi connectivity index (χ2n) is 6.04. The van der Waals surface area contributed by atoms with Crippen molar-refractivity contribution in [1.82, 2.24) is 15.5 Å². The van der Waals surface area contributed by atoms with E-state index in [0.717, 1.165) is 29.9 Å². The minimum Gasteiger partial charge on any atom is -0.323 e. The van der Waals surface area contributed by atoms with E-state index in [9.17, 15) is 4.79 Å². The average Bonchev–Trinajstić information content (AvgIpc) is 2.86. The summed E-state index contributed by atoms with van der Waals surface area (Å²) in [5, 5.41) is 13.6. The Balaban J connectivity index is 0.00000147. The number of nitrogens with one attached hydrogen (secondary N) is 3. The van der Waals surface area contributed by atoms with Gasteiger partial charge in [0.25, 0.3) is 0 Å². The summed E-state index contributed by atoms with van der Waals surface area (Å²) in [6.07, 6.45) is 5.49. The monoisotopic (exact) mass is 298 g/mol. The van der Waals surface area contributed by atoms with E-state index in [1.54, 1.807) is 0 Å². The van der Waals surface area contributed by atoms with Crippen molar-refractivity contribution >= 4 is 24.0 Å². The third kappa shape index (κ3) is 3.15. The predicted molar refractivity (Wildman–Crippen MR) is 81.2 cm³/mol. The third-order valence-corrected chi connectivity index (χ3v) is 4.44. The third-order valence-electron chi connectivity index (χ3n) is 4.44. The van der Waals surface area contributed by atoms with Crippen LogP contribution in [0.2, 0.25) is 0 Å². The molecule has 2 aliphatic heterocycles. The molecule has 2 fully saturated rings. The molecule has 3 heterocycles. The van der Waals surface area contributed by atoms with Crippen LogP contribution in [0.4, 0.5) is 5.69 Å². The van der Waals surface area contributed by atoms with Gasteiger partial charge in [-0.1, -0.05) is 0 Å². The van der Waals surface area contributed by atoms with E-state index >= 15 is 0 Å². The Morgan fingerprint density at radius 2 is 1.95 bits per heavy atom. The van der Waals surface area contributed by atoms with Crippen molar-refractivity contribution in [2.24, 2.45) is 5.92 Å². The first-order chi connectivity index (χ1) is 9.11. The summed E-state index contributed by atoms with van der Waals surface area (Å²) in [4.78, 5) is 12.1. The van der Waals surface area contributed by atoms with Crippen LogP contribution >= 0.6 is 12.4 Å². The van der Waals surface area contributed by atoms with Crippen molar-refractivity contribution in [3.8, 4) is 0 Å². The fourth-order valence-corrected chi connectivity index (χ4v) is 3.53. The van der Waals surface area contributed by atoms with Gasteiger partial charge in [-0.05, 0) is 45.4 Å². The Kier molecular flexibility index (Phi) is 4.70. The molecule has 2 aliphatic rings. The number of carbonyl (C=O) groups is 1. The second kappa shape index (κ2) is 6.14. The topological polar surface area (TPSA) is 69.8 Å². The Bertz CT molecular complexity index is 456. The number of fused-ring (bicyclic) bond motifs is 2. The lowest BCUT2D eigenvalue weighted by Crippen LogP contribution is -2.39. The van der Waals surface area contributed by atoms with Gasteiger partial charge in [-0.15, -0.1) is 12.4 Å². The van der Waals surface area contributed by atoms with Gasteiger partial charge in [0, 0.05) is 18.5 Å². The highest BCUT2D eigenvalue weighted by Gasteiger charge is 2.34. The molecule has 2 saturated heterocycles. The quantitative estimate of drug-likeness (QED) is 0.802. The number of aryl methyl sites for hydroxylation is 2. The molecule has 0 aromatic carbocycles. The average molecular weight is 299 g/mol. The number of H-pyrrole nitrogens is 1. The first kappa shape index (κ1) is 15.3. The van der Waals surface area contributed by atoms with Crippen molar-refractivity contribution in [3.63, 3.8) is 0 Å². The number of amides is 1. The fraction of sp³-hybridized carbons (Fsp3) is 0.714. The zero-order valence-corrected chi connectivity index (χ0v) is 12.8. The minimum atomic E-state index is 0. The van der Waals surface area contributed by atoms with Crippen molar-refractivity contribution in [3.05, 3.63) is 11.4 Å². The predicted octanol–water partition coefficient (Wildman–Crippen LogP) is 2.31. The molecule has 3 rings (SSSR count). The van der Waals surface area contributed by atoms with Crippen molar-refractivity contribution < 1.29 is 4.79 Å². The highest BCUT2D eigenvalue weighted by atomic mass is 35.5. The summed E-state index contributed by atoms with van der Waals surface area (Å²) in [6, 6.07) is 1.29. The molecule has 0 spiro atoms. The maximum atomic E-state index is 12.1. The number of halogens is 1. The van der Waals surface area contributed by atoms with Gasteiger partial charge in [-0.25, -0.2) is 0 Å². The Morgan fingerprint density at radius 1 is 1.30 bits per heavy atom. The lowest BCUT2D eigenvalue weighted by molar-refractivity contribution is -0.117. The SMILES string of the molecule is Cc1n[nH]c(C)c1NC(=O)CC1CC2CCC(C1)N2.Cl. The summed E-state index contributed by atoms with van der Waals surface area (Å²) in [5.74, 6) is 0.658. The van der Waals surface area contributed by atoms with Crippen LogP contribution < -0.4 is 10.6 Å². The zero-order chi connectivity index (χ0) is 13.4. The molecule has 0 saturated carbocycles. The number of hydrogen-bond acceptors (Lipinski definition) is 3. The number of piperidine rings is 1. The molecule has 112 valence electrons. The molecule has 2 unspecified atom stereocenters. The molecule has 0 radical (unpaired) electrons. The summed E-state index contributed by atoms with van der Waals surface area (Å²) >= 11 is 0. The largest absolute Gasteiger partial charge is 0.323 e. The van der Waals surface area contributed by atoms with Crippen molar-refractivity contribution in [1.29, 1.82) is 0 Å². The maximum absolute atomic E-state index is 12.1. The molecular weight excluding hydrogens is 276 g/mol. The van der Waals surface area contributed by atoms with Gasteiger partial charge in [0.2, 0.25) is 5.91 Å². The molecule has 6 heteroatoms. The van der Waals surface area contributed by atoms with Crippen molar-refractivity contribution in [2.75, 3.05) is 5.32 Å². The van der Waals surface area contributed by atoms with Crippen LogP contribution in [0.1, 0.15) is 43.5 Å². The minimum absolute atomic E-state index is 0. The molecule has 2 bridgehead atoms. The van der Waals surface area contributed by atoms with Gasteiger partial charge in [0.05, 0.1) is 17.1 Å². The maximum Gasteiger partial charge on any atom is 0.224 e. The molecule has 1 aromatic heterocycles. The summed E-state index contributed by atoms with van der Waals surface area (Å²) in [6.45, 7) is 3.84. The summed E-state index contributed by atoms with van der Waals surface area (Å²) < 4.78 is 0. The molecule has 3 N–H and O–H groups in total. The highest BCUT2D eigenvalue weighted by molar-refractivity contribution is 5.92. The molecular formula is C14H23ClN4O. The van der Waals surface area contributed by atoms with Gasteiger partial charge in [0.1, 0.15) is 0 Å². The van der Waals surface area contributed by atoms with Crippen LogP contribution in [-0.2, 0) is 4.79 Å². The Hall–Kier alpha value is -1.07. The normalized spacial score (nSPS) is 28.0. The van der Waals surface area contributed by atoms with E-state index in [1.807, 2.05) is 13.8 Å². The number of carbonyl (C=O) groups excluding carboxylic acids is 1. The molecule has 1 aromatic rings. The van der Waals surface area contributed by atoms with E-state index in [0.29, 0.717) is 24.4 Å². The first-order valence-corrected chi connectivity index (χ1v) is 7.19. The van der Waals surface area contributed by atoms with Gasteiger partial charge in [-0.2, -0.15) is 5.10 Å². The molecule has 1 amide bonds. The summed E-state index contributed by atoms with van der Waals surface area (Å²) in [5.41, 5.74) is 2.63. The number of anilines is 1. The summed E-state index contributed by atoms with van der Waals surface area (Å²) in [7, 11) is 0. The zero-order valence-electron chi connectivity index (χ0n) is 12.0. The van der Waals surface area contributed by atoms with Crippen LogP contribution in [-0.4, -0.2) is 28.2 Å². The number of hydrogen-bond donors (Lipinski definition) is 3. The molecule has 5 nitrogen and oxygen atoms in total. The van der Waals surface area contributed by atoms with Gasteiger partial charge in [-0.3, -0.25) is 9.89 Å². The number of aromatic nitrogens is 2. The van der Waals surface area contributed by atoms with Crippen LogP contribution in [0.3, 0.4) is 0 Å². The lowest BCUT2D eigenvalue weighted by atomic mass is 9.89. The lowest BCUT2D eigenvalue weighted by Gasteiger charge is -2.28. The van der Waals surface area contributed by atoms with Crippen LogP contribution in [0.25, 0.3) is 0 Å². The molecule has 20 heavy (non-hydrogen) atoms. The number of rotatable bonds is 3. The van der Waals surface area contributed by atoms with Crippen LogP contribution in [0, 0.1) is 19.8 Å². The van der Waals surface area contributed by atoms with E-state index in [-0.39, 0.29) is 18.3 Å². The molecule has 0 aliphatic carbocycles. The first-order valence-electron chi connectivity index (χ1n) is 7.19. The van der Waals surface area contributed by atoms with Gasteiger partial charge in [0.15, 0.2) is 0 Å². The van der Waals surface area contributed by atoms with Gasteiger partial charge < -0.3 is 10.6 Å². The van der Waals surface area contributed by atoms with Gasteiger partial charge >= 0.3 is 0 Å². The van der Waals surface area contributed by atoms with E-state index in [2.05, 4.69) is 20.8 Å². The smallest absolute Gasteiger partial charge is 0.224 e. The van der Waals surface area contributed by atoms with E-state index < -0.39 is 0 Å². The van der Waals surface area contributed by atoms with Crippen molar-refractivity contribution in [2.45, 2.75) is 58.0 Å². The molecule has 2 atom stereocenters. The second-order valence-corrected chi connectivity index (χ2v) is 6.04.